The van der Waals surface area contributed by atoms with Gasteiger partial charge in [-0.05, 0) is 39.8 Å². The minimum absolute atomic E-state index is 0.0646. The maximum absolute atomic E-state index is 11.5. The molecule has 0 spiro atoms. The number of rotatable bonds is 3. The average Bonchev–Trinajstić information content (AvgIpc) is 2.56. The molecule has 1 aliphatic rings. The number of nitrogens with two attached hydrogens (primary N) is 1. The quantitative estimate of drug-likeness (QED) is 0.921. The molecule has 1 aromatic rings. The molecule has 0 amide bonds. The van der Waals surface area contributed by atoms with E-state index in [2.05, 4.69) is 0 Å². The second kappa shape index (κ2) is 4.95. The highest BCUT2D eigenvalue weighted by Gasteiger charge is 2.49. The molecule has 0 radical (unpaired) electrons. The first kappa shape index (κ1) is 16.2. The van der Waals surface area contributed by atoms with Crippen LogP contribution >= 0.6 is 0 Å². The number of methoxy groups -OCH3 is 1. The van der Waals surface area contributed by atoms with E-state index >= 15 is 0 Å². The van der Waals surface area contributed by atoms with Crippen LogP contribution in [0.25, 0.3) is 0 Å². The van der Waals surface area contributed by atoms with Gasteiger partial charge in [0.25, 0.3) is 0 Å². The van der Waals surface area contributed by atoms with Gasteiger partial charge in [0, 0.05) is 5.56 Å². The summed E-state index contributed by atoms with van der Waals surface area (Å²) in [5.41, 5.74) is -0.259. The monoisotopic (exact) mass is 315 g/mol. The lowest BCUT2D eigenvalue weighted by atomic mass is 9.90. The molecule has 0 saturated carbocycles. The smallest absolute Gasteiger partial charge is 0.241 e. The Morgan fingerprint density at radius 3 is 2.10 bits per heavy atom. The van der Waals surface area contributed by atoms with Crippen molar-refractivity contribution in [3.63, 3.8) is 0 Å². The third kappa shape index (κ3) is 2.91. The SMILES string of the molecule is COc1cc(C2OC(C)(C)C(C)(C)O2)ccc1S(N)(=O)=O. The molecule has 7 heteroatoms. The Morgan fingerprint density at radius 2 is 1.67 bits per heavy atom. The van der Waals surface area contributed by atoms with Crippen molar-refractivity contribution in [2.24, 2.45) is 5.14 Å². The molecule has 2 N–H and O–H groups in total. The Kier molecular flexibility index (Phi) is 3.82. The summed E-state index contributed by atoms with van der Waals surface area (Å²) >= 11 is 0. The van der Waals surface area contributed by atoms with Crippen molar-refractivity contribution in [1.82, 2.24) is 0 Å². The summed E-state index contributed by atoms with van der Waals surface area (Å²) in [7, 11) is -2.45. The minimum atomic E-state index is -3.84. The fraction of sp³-hybridized carbons (Fsp3) is 0.571. The number of benzene rings is 1. The van der Waals surface area contributed by atoms with Crippen LogP contribution in [-0.4, -0.2) is 26.7 Å². The third-order valence-corrected chi connectivity index (χ3v) is 4.97. The topological polar surface area (TPSA) is 87.8 Å². The normalized spacial score (nSPS) is 21.4. The Hall–Kier alpha value is -1.15. The van der Waals surface area contributed by atoms with Gasteiger partial charge < -0.3 is 14.2 Å². The van der Waals surface area contributed by atoms with Gasteiger partial charge in [0.1, 0.15) is 10.6 Å². The molecule has 21 heavy (non-hydrogen) atoms. The van der Waals surface area contributed by atoms with Gasteiger partial charge in [-0.15, -0.1) is 0 Å². The Morgan fingerprint density at radius 1 is 1.14 bits per heavy atom. The zero-order valence-electron chi connectivity index (χ0n) is 12.8. The largest absolute Gasteiger partial charge is 0.495 e. The number of hydrogen-bond donors (Lipinski definition) is 1. The standard InChI is InChI=1S/C14H21NO5S/c1-13(2)14(3,4)20-12(19-13)9-6-7-11(21(15,16)17)10(8-9)18-5/h6-8,12H,1-5H3,(H2,15,16,17). The molecule has 1 saturated heterocycles. The van der Waals surface area contributed by atoms with Gasteiger partial charge >= 0.3 is 0 Å². The van der Waals surface area contributed by atoms with Crippen molar-refractivity contribution in [2.45, 2.75) is 50.1 Å². The van der Waals surface area contributed by atoms with E-state index < -0.39 is 27.5 Å². The molecule has 1 aliphatic heterocycles. The maximum Gasteiger partial charge on any atom is 0.241 e. The Bertz CT molecular complexity index is 635. The van der Waals surface area contributed by atoms with Gasteiger partial charge in [0.2, 0.25) is 10.0 Å². The average molecular weight is 315 g/mol. The van der Waals surface area contributed by atoms with Crippen LogP contribution in [0.2, 0.25) is 0 Å². The van der Waals surface area contributed by atoms with Crippen molar-refractivity contribution in [3.8, 4) is 5.75 Å². The number of primary sulfonamides is 1. The second-order valence-electron chi connectivity index (χ2n) is 6.04. The van der Waals surface area contributed by atoms with Gasteiger partial charge in [-0.1, -0.05) is 6.07 Å². The molecule has 2 rings (SSSR count). The second-order valence-corrected chi connectivity index (χ2v) is 7.57. The van der Waals surface area contributed by atoms with Gasteiger partial charge in [-0.2, -0.15) is 0 Å². The zero-order valence-corrected chi connectivity index (χ0v) is 13.7. The molecule has 118 valence electrons. The lowest BCUT2D eigenvalue weighted by Gasteiger charge is -2.30. The van der Waals surface area contributed by atoms with E-state index in [0.717, 1.165) is 0 Å². The lowest BCUT2D eigenvalue weighted by molar-refractivity contribution is -0.0896. The van der Waals surface area contributed by atoms with Gasteiger partial charge in [0.05, 0.1) is 18.3 Å². The van der Waals surface area contributed by atoms with E-state index in [4.69, 9.17) is 19.3 Å². The first-order chi connectivity index (χ1) is 9.48. The fourth-order valence-corrected chi connectivity index (χ4v) is 2.73. The molecule has 0 atom stereocenters. The minimum Gasteiger partial charge on any atom is -0.495 e. The predicted octanol–water partition coefficient (Wildman–Crippen LogP) is 1.95. The van der Waals surface area contributed by atoms with Gasteiger partial charge in [-0.25, -0.2) is 13.6 Å². The van der Waals surface area contributed by atoms with Crippen LogP contribution in [0.15, 0.2) is 23.1 Å². The number of ether oxygens (including phenoxy) is 3. The summed E-state index contributed by atoms with van der Waals surface area (Å²) in [5.74, 6) is 0.171. The highest BCUT2D eigenvalue weighted by atomic mass is 32.2. The highest BCUT2D eigenvalue weighted by molar-refractivity contribution is 7.89. The molecular formula is C14H21NO5S. The van der Waals surface area contributed by atoms with Crippen LogP contribution < -0.4 is 9.88 Å². The van der Waals surface area contributed by atoms with E-state index in [1.54, 1.807) is 12.1 Å². The fourth-order valence-electron chi connectivity index (χ4n) is 2.04. The number of hydrogen-bond acceptors (Lipinski definition) is 5. The van der Waals surface area contributed by atoms with Crippen molar-refractivity contribution in [2.75, 3.05) is 7.11 Å². The molecule has 1 heterocycles. The van der Waals surface area contributed by atoms with Crippen LogP contribution in [0.3, 0.4) is 0 Å². The summed E-state index contributed by atoms with van der Waals surface area (Å²) in [5, 5.41) is 5.15. The molecule has 1 aromatic carbocycles. The Labute approximate surface area is 125 Å². The zero-order chi connectivity index (χ0) is 16.1. The van der Waals surface area contributed by atoms with Crippen molar-refractivity contribution in [3.05, 3.63) is 23.8 Å². The summed E-state index contributed by atoms with van der Waals surface area (Å²) in [6.45, 7) is 7.79. The molecule has 0 aliphatic carbocycles. The molecule has 6 nitrogen and oxygen atoms in total. The van der Waals surface area contributed by atoms with Crippen LogP contribution in [-0.2, 0) is 19.5 Å². The molecule has 0 unspecified atom stereocenters. The summed E-state index contributed by atoms with van der Waals surface area (Å²) in [6, 6.07) is 4.58. The van der Waals surface area contributed by atoms with E-state index in [1.165, 1.54) is 13.2 Å². The summed E-state index contributed by atoms with van der Waals surface area (Å²) in [4.78, 5) is -0.0646. The van der Waals surface area contributed by atoms with E-state index in [1.807, 2.05) is 27.7 Å². The highest BCUT2D eigenvalue weighted by Crippen LogP contribution is 2.45. The van der Waals surface area contributed by atoms with Crippen molar-refractivity contribution >= 4 is 10.0 Å². The first-order valence-electron chi connectivity index (χ1n) is 6.54. The van der Waals surface area contributed by atoms with Crippen LogP contribution in [0, 0.1) is 0 Å². The van der Waals surface area contributed by atoms with Crippen LogP contribution in [0.5, 0.6) is 5.75 Å². The van der Waals surface area contributed by atoms with Gasteiger partial charge in [0.15, 0.2) is 6.29 Å². The Balaban J connectivity index is 2.40. The lowest BCUT2D eigenvalue weighted by Crippen LogP contribution is -2.41. The van der Waals surface area contributed by atoms with Crippen molar-refractivity contribution < 1.29 is 22.6 Å². The molecule has 1 fully saturated rings. The molecule has 0 aromatic heterocycles. The van der Waals surface area contributed by atoms with Crippen LogP contribution in [0.1, 0.15) is 39.5 Å². The summed E-state index contributed by atoms with van der Waals surface area (Å²) < 4.78 is 39.9. The van der Waals surface area contributed by atoms with E-state index in [0.29, 0.717) is 5.56 Å². The van der Waals surface area contributed by atoms with Crippen molar-refractivity contribution in [1.29, 1.82) is 0 Å². The third-order valence-electron chi connectivity index (χ3n) is 4.02. The molecular weight excluding hydrogens is 294 g/mol. The maximum atomic E-state index is 11.5. The van der Waals surface area contributed by atoms with Gasteiger partial charge in [-0.3, -0.25) is 0 Å². The van der Waals surface area contributed by atoms with Crippen LogP contribution in [0.4, 0.5) is 0 Å². The first-order valence-corrected chi connectivity index (χ1v) is 8.09. The molecule has 0 bridgehead atoms. The number of sulfonamides is 1. The van der Waals surface area contributed by atoms with E-state index in [9.17, 15) is 8.42 Å². The summed E-state index contributed by atoms with van der Waals surface area (Å²) in [6.07, 6.45) is -0.585. The predicted molar refractivity (Wildman–Crippen MR) is 77.4 cm³/mol. The van der Waals surface area contributed by atoms with E-state index in [-0.39, 0.29) is 10.6 Å².